The Hall–Kier alpha value is -2.59. The Morgan fingerprint density at radius 2 is 1.93 bits per heavy atom. The van der Waals surface area contributed by atoms with Crippen LogP contribution in [0.3, 0.4) is 0 Å². The first-order valence-electron chi connectivity index (χ1n) is 9.34. The van der Waals surface area contributed by atoms with Crippen molar-refractivity contribution in [1.29, 1.82) is 0 Å². The van der Waals surface area contributed by atoms with Gasteiger partial charge in [0.15, 0.2) is 0 Å². The maximum Gasteiger partial charge on any atom is 0.337 e. The van der Waals surface area contributed by atoms with Crippen molar-refractivity contribution in [2.24, 2.45) is 0 Å². The van der Waals surface area contributed by atoms with Gasteiger partial charge >= 0.3 is 5.97 Å². The van der Waals surface area contributed by atoms with E-state index < -0.39 is 5.97 Å². The van der Waals surface area contributed by atoms with Gasteiger partial charge in [-0.3, -0.25) is 0 Å². The van der Waals surface area contributed by atoms with E-state index in [1.807, 2.05) is 53.9 Å². The van der Waals surface area contributed by atoms with Crippen molar-refractivity contribution in [2.45, 2.75) is 32.6 Å². The summed E-state index contributed by atoms with van der Waals surface area (Å²) >= 11 is 1.43. The molecule has 0 unspecified atom stereocenters. The van der Waals surface area contributed by atoms with E-state index >= 15 is 0 Å². The van der Waals surface area contributed by atoms with Gasteiger partial charge in [0.2, 0.25) is 0 Å². The van der Waals surface area contributed by atoms with E-state index in [1.54, 1.807) is 6.08 Å². The largest absolute Gasteiger partial charge is 0.493 e. The second kappa shape index (κ2) is 9.38. The molecule has 0 fully saturated rings. The van der Waals surface area contributed by atoms with Crippen LogP contribution < -0.4 is 4.74 Å². The molecule has 0 aliphatic rings. The molecule has 4 heteroatoms. The molecule has 0 saturated carbocycles. The number of hydrogen-bond donors (Lipinski definition) is 1. The molecule has 3 aromatic rings. The van der Waals surface area contributed by atoms with E-state index in [9.17, 15) is 9.90 Å². The van der Waals surface area contributed by atoms with E-state index in [0.717, 1.165) is 39.8 Å². The molecule has 0 saturated heterocycles. The third-order valence-electron chi connectivity index (χ3n) is 4.49. The van der Waals surface area contributed by atoms with Gasteiger partial charge in [-0.15, -0.1) is 11.3 Å². The van der Waals surface area contributed by atoms with E-state index in [-0.39, 0.29) is 5.57 Å². The van der Waals surface area contributed by atoms with Crippen LogP contribution in [-0.2, 0) is 4.79 Å². The number of thiophene rings is 1. The quantitative estimate of drug-likeness (QED) is 0.341. The van der Waals surface area contributed by atoms with Crippen molar-refractivity contribution >= 4 is 39.7 Å². The molecule has 0 aliphatic carbocycles. The van der Waals surface area contributed by atoms with Crippen molar-refractivity contribution in [3.8, 4) is 5.75 Å². The summed E-state index contributed by atoms with van der Waals surface area (Å²) in [6.07, 6.45) is 6.28. The molecule has 0 radical (unpaired) electrons. The lowest BCUT2D eigenvalue weighted by Gasteiger charge is -2.13. The fourth-order valence-corrected chi connectivity index (χ4v) is 3.81. The predicted octanol–water partition coefficient (Wildman–Crippen LogP) is 6.49. The lowest BCUT2D eigenvalue weighted by atomic mass is 10.0. The predicted molar refractivity (Wildman–Crippen MR) is 113 cm³/mol. The molecule has 140 valence electrons. The topological polar surface area (TPSA) is 46.5 Å². The standard InChI is InChI=1S/C23H24O3S/c1-2-3-4-7-14-26-21-13-12-17-9-5-6-10-18(17)19(21)16-20(23(24)25)22-11-8-15-27-22/h5-6,8-13,15-16H,2-4,7,14H2,1H3,(H,24,25)/b20-16+. The summed E-state index contributed by atoms with van der Waals surface area (Å²) in [6.45, 7) is 2.83. The lowest BCUT2D eigenvalue weighted by molar-refractivity contribution is -0.130. The number of ether oxygens (including phenoxy) is 1. The highest BCUT2D eigenvalue weighted by Crippen LogP contribution is 2.33. The number of carbonyl (C=O) groups is 1. The van der Waals surface area contributed by atoms with Crippen LogP contribution in [0, 0.1) is 0 Å². The molecule has 0 atom stereocenters. The summed E-state index contributed by atoms with van der Waals surface area (Å²) in [7, 11) is 0. The van der Waals surface area contributed by atoms with Crippen LogP contribution in [0.1, 0.15) is 43.0 Å². The zero-order chi connectivity index (χ0) is 19.1. The summed E-state index contributed by atoms with van der Waals surface area (Å²) in [5.74, 6) is -0.195. The molecule has 2 aromatic carbocycles. The second-order valence-electron chi connectivity index (χ2n) is 6.45. The van der Waals surface area contributed by atoms with E-state index in [2.05, 4.69) is 6.92 Å². The first-order chi connectivity index (χ1) is 13.2. The van der Waals surface area contributed by atoms with E-state index in [1.165, 1.54) is 24.2 Å². The second-order valence-corrected chi connectivity index (χ2v) is 7.40. The first kappa shape index (κ1) is 19.2. The average molecular weight is 381 g/mol. The van der Waals surface area contributed by atoms with E-state index in [4.69, 9.17) is 4.74 Å². The number of unbranched alkanes of at least 4 members (excludes halogenated alkanes) is 3. The summed E-state index contributed by atoms with van der Waals surface area (Å²) in [5, 5.41) is 13.7. The molecule has 1 N–H and O–H groups in total. The monoisotopic (exact) mass is 380 g/mol. The van der Waals surface area contributed by atoms with Gasteiger partial charge in [0, 0.05) is 10.4 Å². The molecule has 3 rings (SSSR count). The Labute approximate surface area is 163 Å². The summed E-state index contributed by atoms with van der Waals surface area (Å²) in [4.78, 5) is 12.6. The Balaban J connectivity index is 2.01. The van der Waals surface area contributed by atoms with Crippen LogP contribution in [0.15, 0.2) is 53.9 Å². The number of benzene rings is 2. The number of hydrogen-bond acceptors (Lipinski definition) is 3. The lowest BCUT2D eigenvalue weighted by Crippen LogP contribution is -2.01. The maximum absolute atomic E-state index is 11.9. The van der Waals surface area contributed by atoms with Gasteiger partial charge in [0.25, 0.3) is 0 Å². The van der Waals surface area contributed by atoms with Crippen molar-refractivity contribution in [3.05, 3.63) is 64.4 Å². The van der Waals surface area contributed by atoms with Gasteiger partial charge in [-0.05, 0) is 40.8 Å². The first-order valence-corrected chi connectivity index (χ1v) is 10.2. The highest BCUT2D eigenvalue weighted by molar-refractivity contribution is 7.11. The zero-order valence-corrected chi connectivity index (χ0v) is 16.3. The van der Waals surface area contributed by atoms with Crippen molar-refractivity contribution in [1.82, 2.24) is 0 Å². The molecule has 0 bridgehead atoms. The molecule has 1 aromatic heterocycles. The van der Waals surface area contributed by atoms with Crippen molar-refractivity contribution in [2.75, 3.05) is 6.61 Å². The number of aliphatic carboxylic acids is 1. The molecule has 0 aliphatic heterocycles. The highest BCUT2D eigenvalue weighted by atomic mass is 32.1. The molecule has 0 amide bonds. The van der Waals surface area contributed by atoms with Gasteiger partial charge in [-0.2, -0.15) is 0 Å². The molecule has 0 spiro atoms. The Morgan fingerprint density at radius 3 is 2.67 bits per heavy atom. The molecular formula is C23H24O3S. The van der Waals surface area contributed by atoms with Crippen LogP contribution in [0.5, 0.6) is 5.75 Å². The molecule has 3 nitrogen and oxygen atoms in total. The Morgan fingerprint density at radius 1 is 1.07 bits per heavy atom. The summed E-state index contributed by atoms with van der Waals surface area (Å²) in [6, 6.07) is 15.7. The van der Waals surface area contributed by atoms with Gasteiger partial charge in [-0.1, -0.05) is 62.6 Å². The van der Waals surface area contributed by atoms with Gasteiger partial charge in [0.05, 0.1) is 12.2 Å². The molecular weight excluding hydrogens is 356 g/mol. The third kappa shape index (κ3) is 4.77. The highest BCUT2D eigenvalue weighted by Gasteiger charge is 2.15. The van der Waals surface area contributed by atoms with Crippen LogP contribution >= 0.6 is 11.3 Å². The minimum absolute atomic E-state index is 0.289. The zero-order valence-electron chi connectivity index (χ0n) is 15.5. The third-order valence-corrected chi connectivity index (χ3v) is 5.40. The van der Waals surface area contributed by atoms with Gasteiger partial charge < -0.3 is 9.84 Å². The van der Waals surface area contributed by atoms with Crippen LogP contribution in [0.2, 0.25) is 0 Å². The van der Waals surface area contributed by atoms with E-state index in [0.29, 0.717) is 6.61 Å². The normalized spacial score (nSPS) is 11.7. The minimum atomic E-state index is -0.931. The van der Waals surface area contributed by atoms with Crippen LogP contribution in [-0.4, -0.2) is 17.7 Å². The fourth-order valence-electron chi connectivity index (χ4n) is 3.08. The van der Waals surface area contributed by atoms with Crippen molar-refractivity contribution in [3.63, 3.8) is 0 Å². The van der Waals surface area contributed by atoms with Crippen LogP contribution in [0.25, 0.3) is 22.4 Å². The molecule has 1 heterocycles. The maximum atomic E-state index is 11.9. The van der Waals surface area contributed by atoms with Gasteiger partial charge in [-0.25, -0.2) is 4.79 Å². The summed E-state index contributed by atoms with van der Waals surface area (Å²) < 4.78 is 6.06. The van der Waals surface area contributed by atoms with Crippen molar-refractivity contribution < 1.29 is 14.6 Å². The minimum Gasteiger partial charge on any atom is -0.493 e. The molecule has 27 heavy (non-hydrogen) atoms. The average Bonchev–Trinajstić information content (AvgIpc) is 3.20. The smallest absolute Gasteiger partial charge is 0.337 e. The Bertz CT molecular complexity index is 926. The fraction of sp³-hybridized carbons (Fsp3) is 0.261. The number of rotatable bonds is 9. The Kier molecular flexibility index (Phi) is 6.66. The number of fused-ring (bicyclic) bond motifs is 1. The van der Waals surface area contributed by atoms with Gasteiger partial charge in [0.1, 0.15) is 5.75 Å². The number of carboxylic acid groups (broad SMARTS) is 1. The SMILES string of the molecule is CCCCCCOc1ccc2ccccc2c1/C=C(/C(=O)O)c1cccs1. The number of carboxylic acids is 1. The summed E-state index contributed by atoms with van der Waals surface area (Å²) in [5.41, 5.74) is 1.12. The van der Waals surface area contributed by atoms with Crippen LogP contribution in [0.4, 0.5) is 0 Å².